The third kappa shape index (κ3) is 3.42. The Hall–Kier alpha value is -1.25. The van der Waals surface area contributed by atoms with Gasteiger partial charge in [-0.25, -0.2) is 8.78 Å². The Bertz CT molecular complexity index is 361. The van der Waals surface area contributed by atoms with Crippen molar-refractivity contribution < 1.29 is 13.6 Å². The molecule has 1 atom stereocenters. The van der Waals surface area contributed by atoms with Crippen LogP contribution in [-0.2, 0) is 4.79 Å². The Morgan fingerprint density at radius 2 is 2.07 bits per heavy atom. The molecule has 1 rings (SSSR count). The lowest BCUT2D eigenvalue weighted by molar-refractivity contribution is -0.117. The van der Waals surface area contributed by atoms with Crippen LogP contribution in [0.5, 0.6) is 0 Å². The van der Waals surface area contributed by atoms with Gasteiger partial charge in [0, 0.05) is 6.42 Å². The first-order valence-corrected chi connectivity index (χ1v) is 4.95. The average Bonchev–Trinajstić information content (AvgIpc) is 2.18. The van der Waals surface area contributed by atoms with E-state index in [1.807, 2.05) is 0 Å². The van der Waals surface area contributed by atoms with Crippen LogP contribution in [0.2, 0.25) is 0 Å². The molecular formula is C12H14F2O. The minimum atomic E-state index is -0.443. The molecule has 0 N–H and O–H groups in total. The van der Waals surface area contributed by atoms with Crippen LogP contribution >= 0.6 is 0 Å². The van der Waals surface area contributed by atoms with Gasteiger partial charge in [-0.15, -0.1) is 0 Å². The molecule has 0 spiro atoms. The summed E-state index contributed by atoms with van der Waals surface area (Å²) < 4.78 is 26.2. The van der Waals surface area contributed by atoms with Crippen LogP contribution in [0, 0.1) is 11.6 Å². The van der Waals surface area contributed by atoms with Crippen molar-refractivity contribution in [2.45, 2.75) is 32.6 Å². The zero-order valence-corrected chi connectivity index (χ0v) is 8.89. The van der Waals surface area contributed by atoms with Gasteiger partial charge in [-0.3, -0.25) is 0 Å². The van der Waals surface area contributed by atoms with E-state index >= 15 is 0 Å². The van der Waals surface area contributed by atoms with Crippen LogP contribution in [-0.4, -0.2) is 5.78 Å². The smallest absolute Gasteiger partial charge is 0.129 e. The summed E-state index contributed by atoms with van der Waals surface area (Å²) in [6.45, 7) is 3.29. The molecule has 1 aromatic carbocycles. The number of benzene rings is 1. The SMILES string of the molecule is CC(=O)CCC(C)c1cc(F)ccc1F. The van der Waals surface area contributed by atoms with Gasteiger partial charge in [0.1, 0.15) is 17.4 Å². The van der Waals surface area contributed by atoms with Crippen LogP contribution in [0.15, 0.2) is 18.2 Å². The van der Waals surface area contributed by atoms with E-state index in [1.165, 1.54) is 13.0 Å². The summed E-state index contributed by atoms with van der Waals surface area (Å²) in [4.78, 5) is 10.8. The van der Waals surface area contributed by atoms with Crippen molar-refractivity contribution in [3.05, 3.63) is 35.4 Å². The molecule has 0 aliphatic rings. The lowest BCUT2D eigenvalue weighted by Gasteiger charge is -2.11. The molecule has 0 heterocycles. The Morgan fingerprint density at radius 1 is 1.40 bits per heavy atom. The Morgan fingerprint density at radius 3 is 2.67 bits per heavy atom. The first-order chi connectivity index (χ1) is 7.00. The van der Waals surface area contributed by atoms with E-state index in [2.05, 4.69) is 0 Å². The van der Waals surface area contributed by atoms with E-state index in [0.29, 0.717) is 18.4 Å². The molecule has 0 fully saturated rings. The maximum atomic E-state index is 13.3. The van der Waals surface area contributed by atoms with Crippen molar-refractivity contribution in [2.24, 2.45) is 0 Å². The van der Waals surface area contributed by atoms with E-state index in [4.69, 9.17) is 0 Å². The fourth-order valence-electron chi connectivity index (χ4n) is 1.47. The summed E-state index contributed by atoms with van der Waals surface area (Å²) in [5.41, 5.74) is 0.344. The molecule has 0 saturated heterocycles. The molecule has 1 aromatic rings. The summed E-state index contributed by atoms with van der Waals surface area (Å²) in [5, 5.41) is 0. The molecule has 0 radical (unpaired) electrons. The van der Waals surface area contributed by atoms with Gasteiger partial charge in [-0.1, -0.05) is 6.92 Å². The Balaban J connectivity index is 2.76. The average molecular weight is 212 g/mol. The number of ketones is 1. The second kappa shape index (κ2) is 5.01. The zero-order valence-electron chi connectivity index (χ0n) is 8.89. The summed E-state index contributed by atoms with van der Waals surface area (Å²) in [6.07, 6.45) is 0.951. The van der Waals surface area contributed by atoms with Gasteiger partial charge in [-0.05, 0) is 43.0 Å². The third-order valence-electron chi connectivity index (χ3n) is 2.42. The molecule has 0 aliphatic carbocycles. The summed E-state index contributed by atoms with van der Waals surface area (Å²) in [6, 6.07) is 3.41. The summed E-state index contributed by atoms with van der Waals surface area (Å²) in [5.74, 6) is -0.920. The number of carbonyl (C=O) groups is 1. The van der Waals surface area contributed by atoms with Crippen LogP contribution < -0.4 is 0 Å². The van der Waals surface area contributed by atoms with E-state index in [9.17, 15) is 13.6 Å². The van der Waals surface area contributed by atoms with Gasteiger partial charge in [0.2, 0.25) is 0 Å². The second-order valence-electron chi connectivity index (χ2n) is 3.81. The summed E-state index contributed by atoms with van der Waals surface area (Å²) >= 11 is 0. The predicted octanol–water partition coefficient (Wildman–Crippen LogP) is 3.44. The molecule has 0 saturated carbocycles. The molecule has 1 unspecified atom stereocenters. The van der Waals surface area contributed by atoms with Crippen LogP contribution in [0.3, 0.4) is 0 Å². The molecule has 0 amide bonds. The topological polar surface area (TPSA) is 17.1 Å². The van der Waals surface area contributed by atoms with E-state index in [-0.39, 0.29) is 11.7 Å². The second-order valence-corrected chi connectivity index (χ2v) is 3.81. The molecule has 0 aliphatic heterocycles. The minimum absolute atomic E-state index is 0.0682. The first kappa shape index (κ1) is 11.8. The van der Waals surface area contributed by atoms with Gasteiger partial charge >= 0.3 is 0 Å². The molecule has 3 heteroatoms. The molecule has 82 valence electrons. The van der Waals surface area contributed by atoms with E-state index < -0.39 is 11.6 Å². The standard InChI is InChI=1S/C12H14F2O/c1-8(3-4-9(2)15)11-7-10(13)5-6-12(11)14/h5-8H,3-4H2,1-2H3. The maximum absolute atomic E-state index is 13.3. The van der Waals surface area contributed by atoms with Crippen molar-refractivity contribution in [3.63, 3.8) is 0 Å². The van der Waals surface area contributed by atoms with E-state index in [1.54, 1.807) is 6.92 Å². The molecule has 1 nitrogen and oxygen atoms in total. The van der Waals surface area contributed by atoms with Crippen molar-refractivity contribution in [1.29, 1.82) is 0 Å². The molecular weight excluding hydrogens is 198 g/mol. The first-order valence-electron chi connectivity index (χ1n) is 4.95. The monoisotopic (exact) mass is 212 g/mol. The zero-order chi connectivity index (χ0) is 11.4. The van der Waals surface area contributed by atoms with Crippen molar-refractivity contribution in [2.75, 3.05) is 0 Å². The quantitative estimate of drug-likeness (QED) is 0.747. The van der Waals surface area contributed by atoms with Gasteiger partial charge in [0.25, 0.3) is 0 Å². The molecule has 0 bridgehead atoms. The number of Topliss-reactive ketones (excluding diaryl/α,β-unsaturated/α-hetero) is 1. The van der Waals surface area contributed by atoms with Crippen LogP contribution in [0.4, 0.5) is 8.78 Å². The van der Waals surface area contributed by atoms with Gasteiger partial charge in [-0.2, -0.15) is 0 Å². The highest BCUT2D eigenvalue weighted by molar-refractivity contribution is 5.75. The fourth-order valence-corrected chi connectivity index (χ4v) is 1.47. The maximum Gasteiger partial charge on any atom is 0.129 e. The van der Waals surface area contributed by atoms with E-state index in [0.717, 1.165) is 12.1 Å². The predicted molar refractivity (Wildman–Crippen MR) is 54.7 cm³/mol. The molecule has 15 heavy (non-hydrogen) atoms. The lowest BCUT2D eigenvalue weighted by atomic mass is 9.95. The normalized spacial score (nSPS) is 12.5. The highest BCUT2D eigenvalue weighted by Gasteiger charge is 2.12. The number of rotatable bonds is 4. The largest absolute Gasteiger partial charge is 0.300 e. The molecule has 0 aromatic heterocycles. The van der Waals surface area contributed by atoms with Gasteiger partial charge < -0.3 is 4.79 Å². The number of hydrogen-bond donors (Lipinski definition) is 0. The lowest BCUT2D eigenvalue weighted by Crippen LogP contribution is -2.01. The Labute approximate surface area is 88.1 Å². The van der Waals surface area contributed by atoms with Crippen molar-refractivity contribution >= 4 is 5.78 Å². The van der Waals surface area contributed by atoms with Gasteiger partial charge in [0.15, 0.2) is 0 Å². The highest BCUT2D eigenvalue weighted by Crippen LogP contribution is 2.24. The summed E-state index contributed by atoms with van der Waals surface area (Å²) in [7, 11) is 0. The third-order valence-corrected chi connectivity index (χ3v) is 2.42. The number of hydrogen-bond acceptors (Lipinski definition) is 1. The van der Waals surface area contributed by atoms with Crippen molar-refractivity contribution in [3.8, 4) is 0 Å². The van der Waals surface area contributed by atoms with Gasteiger partial charge in [0.05, 0.1) is 0 Å². The number of carbonyl (C=O) groups excluding carboxylic acids is 1. The number of halogens is 2. The van der Waals surface area contributed by atoms with Crippen LogP contribution in [0.1, 0.15) is 38.2 Å². The van der Waals surface area contributed by atoms with Crippen molar-refractivity contribution in [1.82, 2.24) is 0 Å². The van der Waals surface area contributed by atoms with Crippen LogP contribution in [0.25, 0.3) is 0 Å². The minimum Gasteiger partial charge on any atom is -0.300 e. The highest BCUT2D eigenvalue weighted by atomic mass is 19.1. The fraction of sp³-hybridized carbons (Fsp3) is 0.417. The Kier molecular flexibility index (Phi) is 3.95.